The largest absolute Gasteiger partial charge is 0.303 e. The number of hydrogen-bond donors (Lipinski definition) is 0. The van der Waals surface area contributed by atoms with Crippen LogP contribution in [0.4, 0.5) is 0 Å². The fourth-order valence-electron chi connectivity index (χ4n) is 2.91. The molecule has 1 aliphatic carbocycles. The number of hydrogen-bond acceptors (Lipinski definition) is 3. The van der Waals surface area contributed by atoms with Gasteiger partial charge < -0.3 is 4.79 Å². The number of nitrogens with zero attached hydrogens (tertiary/aromatic N) is 1. The molecule has 0 aliphatic heterocycles. The van der Waals surface area contributed by atoms with Crippen molar-refractivity contribution in [2.24, 2.45) is 5.92 Å². The van der Waals surface area contributed by atoms with Gasteiger partial charge in [0.15, 0.2) is 0 Å². The second-order valence-corrected chi connectivity index (χ2v) is 5.30. The molecule has 1 aromatic rings. The number of aldehydes is 1. The van der Waals surface area contributed by atoms with E-state index >= 15 is 0 Å². The summed E-state index contributed by atoms with van der Waals surface area (Å²) in [5, 5.41) is 0. The lowest BCUT2D eigenvalue weighted by molar-refractivity contribution is -0.126. The maximum absolute atomic E-state index is 12.6. The number of Topliss-reactive ketones (excluding diaryl/α,β-unsaturated/α-hetero) is 1. The molecule has 102 valence electrons. The first-order valence-corrected chi connectivity index (χ1v) is 7.21. The molecule has 0 bridgehead atoms. The van der Waals surface area contributed by atoms with Gasteiger partial charge in [-0.25, -0.2) is 0 Å². The van der Waals surface area contributed by atoms with Crippen molar-refractivity contribution in [3.8, 4) is 0 Å². The van der Waals surface area contributed by atoms with Crippen LogP contribution < -0.4 is 0 Å². The third-order valence-corrected chi connectivity index (χ3v) is 3.98. The van der Waals surface area contributed by atoms with E-state index in [2.05, 4.69) is 4.98 Å². The normalized spacial score (nSPS) is 18.5. The average molecular weight is 259 g/mol. The molecule has 19 heavy (non-hydrogen) atoms. The van der Waals surface area contributed by atoms with Crippen LogP contribution in [0.2, 0.25) is 0 Å². The standard InChI is InChI=1S/C16H21NO2/c18-12-10-14(15-9-5-6-11-17-15)16(19)13-7-3-1-2-4-8-13/h5-6,9,11-14H,1-4,7-8,10H2. The first kappa shape index (κ1) is 13.9. The van der Waals surface area contributed by atoms with Gasteiger partial charge in [-0.2, -0.15) is 0 Å². The molecule has 1 heterocycles. The Morgan fingerprint density at radius 3 is 2.58 bits per heavy atom. The molecular formula is C16H21NO2. The van der Waals surface area contributed by atoms with E-state index in [1.807, 2.05) is 18.2 Å². The summed E-state index contributed by atoms with van der Waals surface area (Å²) in [6, 6.07) is 5.56. The molecule has 2 rings (SSSR count). The predicted octanol–water partition coefficient (Wildman–Crippen LogP) is 3.29. The molecule has 1 fully saturated rings. The monoisotopic (exact) mass is 259 g/mol. The fourth-order valence-corrected chi connectivity index (χ4v) is 2.91. The number of aromatic nitrogens is 1. The smallest absolute Gasteiger partial charge is 0.145 e. The van der Waals surface area contributed by atoms with Gasteiger partial charge in [0, 0.05) is 18.5 Å². The van der Waals surface area contributed by atoms with Gasteiger partial charge in [0.25, 0.3) is 0 Å². The Hall–Kier alpha value is -1.51. The number of pyridine rings is 1. The van der Waals surface area contributed by atoms with E-state index in [1.54, 1.807) is 6.20 Å². The van der Waals surface area contributed by atoms with Gasteiger partial charge >= 0.3 is 0 Å². The van der Waals surface area contributed by atoms with Crippen molar-refractivity contribution in [2.75, 3.05) is 0 Å². The molecule has 3 nitrogen and oxygen atoms in total. The van der Waals surface area contributed by atoms with Crippen molar-refractivity contribution < 1.29 is 9.59 Å². The zero-order chi connectivity index (χ0) is 13.5. The van der Waals surface area contributed by atoms with Gasteiger partial charge in [-0.3, -0.25) is 9.78 Å². The highest BCUT2D eigenvalue weighted by Gasteiger charge is 2.29. The minimum Gasteiger partial charge on any atom is -0.303 e. The van der Waals surface area contributed by atoms with Crippen LogP contribution in [0.25, 0.3) is 0 Å². The number of rotatable bonds is 5. The van der Waals surface area contributed by atoms with Gasteiger partial charge in [-0.1, -0.05) is 31.7 Å². The van der Waals surface area contributed by atoms with E-state index in [4.69, 9.17) is 0 Å². The molecule has 0 amide bonds. The highest BCUT2D eigenvalue weighted by molar-refractivity contribution is 5.89. The van der Waals surface area contributed by atoms with Crippen LogP contribution in [0.5, 0.6) is 0 Å². The van der Waals surface area contributed by atoms with Crippen molar-refractivity contribution in [1.29, 1.82) is 0 Å². The van der Waals surface area contributed by atoms with Gasteiger partial charge in [0.05, 0.1) is 11.6 Å². The second-order valence-electron chi connectivity index (χ2n) is 5.30. The average Bonchev–Trinajstić information content (AvgIpc) is 2.74. The number of carbonyl (C=O) groups excluding carboxylic acids is 2. The van der Waals surface area contributed by atoms with Crippen molar-refractivity contribution in [2.45, 2.75) is 50.9 Å². The first-order chi connectivity index (χ1) is 9.33. The van der Waals surface area contributed by atoms with Crippen LogP contribution in [0, 0.1) is 5.92 Å². The summed E-state index contributed by atoms with van der Waals surface area (Å²) in [5.41, 5.74) is 0.740. The summed E-state index contributed by atoms with van der Waals surface area (Å²) < 4.78 is 0. The van der Waals surface area contributed by atoms with Gasteiger partial charge in [0.2, 0.25) is 0 Å². The number of ketones is 1. The first-order valence-electron chi connectivity index (χ1n) is 7.21. The lowest BCUT2D eigenvalue weighted by Gasteiger charge is -2.19. The van der Waals surface area contributed by atoms with Crippen LogP contribution in [-0.4, -0.2) is 17.1 Å². The SMILES string of the molecule is O=CCC(C(=O)C1CCCCCC1)c1ccccn1. The van der Waals surface area contributed by atoms with Crippen molar-refractivity contribution in [1.82, 2.24) is 4.98 Å². The van der Waals surface area contributed by atoms with Crippen LogP contribution >= 0.6 is 0 Å². The summed E-state index contributed by atoms with van der Waals surface area (Å²) >= 11 is 0. The summed E-state index contributed by atoms with van der Waals surface area (Å²) in [6.45, 7) is 0. The maximum Gasteiger partial charge on any atom is 0.145 e. The molecule has 1 aliphatic rings. The summed E-state index contributed by atoms with van der Waals surface area (Å²) in [7, 11) is 0. The Bertz CT molecular complexity index is 408. The van der Waals surface area contributed by atoms with E-state index in [-0.39, 0.29) is 24.0 Å². The van der Waals surface area contributed by atoms with Crippen LogP contribution in [0.1, 0.15) is 56.6 Å². The summed E-state index contributed by atoms with van der Waals surface area (Å²) in [5.74, 6) is -0.0102. The molecule has 0 N–H and O–H groups in total. The molecule has 0 spiro atoms. The van der Waals surface area contributed by atoms with Crippen molar-refractivity contribution >= 4 is 12.1 Å². The van der Waals surface area contributed by atoms with Crippen LogP contribution in [0.15, 0.2) is 24.4 Å². The summed E-state index contributed by atoms with van der Waals surface area (Å²) in [4.78, 5) is 27.8. The molecule has 0 radical (unpaired) electrons. The van der Waals surface area contributed by atoms with E-state index in [0.29, 0.717) is 0 Å². The molecule has 0 saturated heterocycles. The number of carbonyl (C=O) groups is 2. The van der Waals surface area contributed by atoms with E-state index in [1.165, 1.54) is 12.8 Å². The van der Waals surface area contributed by atoms with Crippen LogP contribution in [-0.2, 0) is 9.59 Å². The second kappa shape index (κ2) is 7.17. The Morgan fingerprint density at radius 1 is 1.26 bits per heavy atom. The van der Waals surface area contributed by atoms with E-state index < -0.39 is 0 Å². The quantitative estimate of drug-likeness (QED) is 0.602. The lowest BCUT2D eigenvalue weighted by Crippen LogP contribution is -2.23. The highest BCUT2D eigenvalue weighted by atomic mass is 16.1. The molecule has 0 aromatic carbocycles. The van der Waals surface area contributed by atoms with Crippen LogP contribution in [0.3, 0.4) is 0 Å². The van der Waals surface area contributed by atoms with Gasteiger partial charge in [-0.15, -0.1) is 0 Å². The molecule has 1 atom stereocenters. The molecule has 1 aromatic heterocycles. The van der Waals surface area contributed by atoms with Crippen molar-refractivity contribution in [3.63, 3.8) is 0 Å². The Kier molecular flexibility index (Phi) is 5.25. The maximum atomic E-state index is 12.6. The molecular weight excluding hydrogens is 238 g/mol. The minimum absolute atomic E-state index is 0.120. The van der Waals surface area contributed by atoms with E-state index in [0.717, 1.165) is 37.7 Å². The Labute approximate surface area is 114 Å². The van der Waals surface area contributed by atoms with E-state index in [9.17, 15) is 9.59 Å². The topological polar surface area (TPSA) is 47.0 Å². The Balaban J connectivity index is 2.13. The third-order valence-electron chi connectivity index (χ3n) is 3.98. The van der Waals surface area contributed by atoms with Gasteiger partial charge in [-0.05, 0) is 25.0 Å². The highest BCUT2D eigenvalue weighted by Crippen LogP contribution is 2.30. The molecule has 1 saturated carbocycles. The minimum atomic E-state index is -0.346. The third kappa shape index (κ3) is 3.72. The zero-order valence-electron chi connectivity index (χ0n) is 11.3. The predicted molar refractivity (Wildman–Crippen MR) is 73.9 cm³/mol. The molecule has 3 heteroatoms. The van der Waals surface area contributed by atoms with Gasteiger partial charge in [0.1, 0.15) is 12.1 Å². The van der Waals surface area contributed by atoms with Crippen molar-refractivity contribution in [3.05, 3.63) is 30.1 Å². The Morgan fingerprint density at radius 2 is 2.00 bits per heavy atom. The lowest BCUT2D eigenvalue weighted by atomic mass is 9.84. The fraction of sp³-hybridized carbons (Fsp3) is 0.562. The summed E-state index contributed by atoms with van der Waals surface area (Å²) in [6.07, 6.45) is 9.45. The molecule has 1 unspecified atom stereocenters. The zero-order valence-corrected chi connectivity index (χ0v) is 11.3.